The molecule has 0 fully saturated rings. The van der Waals surface area contributed by atoms with E-state index < -0.39 is 0 Å². The molecule has 0 amide bonds. The molecule has 0 bridgehead atoms. The number of nitrogens with zero attached hydrogens (tertiary/aromatic N) is 2. The summed E-state index contributed by atoms with van der Waals surface area (Å²) in [5.74, 6) is 2.02. The lowest BCUT2D eigenvalue weighted by Crippen LogP contribution is -2.05. The monoisotopic (exact) mass is 319 g/mol. The number of benzene rings is 1. The molecule has 0 unspecified atom stereocenters. The Morgan fingerprint density at radius 3 is 2.47 bits per heavy atom. The Hall–Kier alpha value is -1.42. The van der Waals surface area contributed by atoms with Crippen LogP contribution >= 0.6 is 15.9 Å². The van der Waals surface area contributed by atoms with Gasteiger partial charge in [0.05, 0.1) is 0 Å². The number of hydrogen-bond acceptors (Lipinski definition) is 3. The average Bonchev–Trinajstić information content (AvgIpc) is 2.37. The van der Waals surface area contributed by atoms with Gasteiger partial charge in [-0.05, 0) is 28.4 Å². The number of hydrogen-bond donors (Lipinski definition) is 1. The highest BCUT2D eigenvalue weighted by molar-refractivity contribution is 9.10. The first kappa shape index (κ1) is 14.0. The third-order valence-corrected chi connectivity index (χ3v) is 3.23. The predicted molar refractivity (Wildman–Crippen MR) is 82.3 cm³/mol. The average molecular weight is 320 g/mol. The van der Waals surface area contributed by atoms with Gasteiger partial charge in [-0.3, -0.25) is 0 Å². The topological polar surface area (TPSA) is 37.8 Å². The Labute approximate surface area is 122 Å². The van der Waals surface area contributed by atoms with E-state index >= 15 is 0 Å². The lowest BCUT2D eigenvalue weighted by atomic mass is 10.1. The fraction of sp³-hybridized carbons (Fsp3) is 0.333. The lowest BCUT2D eigenvalue weighted by Gasteiger charge is -2.10. The summed E-state index contributed by atoms with van der Waals surface area (Å²) >= 11 is 3.43. The Balaban J connectivity index is 2.08. The molecule has 0 saturated heterocycles. The molecule has 0 saturated carbocycles. The van der Waals surface area contributed by atoms with Crippen LogP contribution in [0.25, 0.3) is 0 Å². The normalized spacial score (nSPS) is 10.8. The van der Waals surface area contributed by atoms with Crippen molar-refractivity contribution in [3.8, 4) is 0 Å². The highest BCUT2D eigenvalue weighted by atomic mass is 79.9. The van der Waals surface area contributed by atoms with Crippen molar-refractivity contribution >= 4 is 21.7 Å². The van der Waals surface area contributed by atoms with E-state index in [2.05, 4.69) is 76.3 Å². The van der Waals surface area contributed by atoms with Crippen molar-refractivity contribution in [3.63, 3.8) is 0 Å². The Kier molecular flexibility index (Phi) is 4.53. The zero-order valence-electron chi connectivity index (χ0n) is 11.4. The highest BCUT2D eigenvalue weighted by Crippen LogP contribution is 2.18. The van der Waals surface area contributed by atoms with Crippen molar-refractivity contribution in [1.82, 2.24) is 9.97 Å². The van der Waals surface area contributed by atoms with Gasteiger partial charge in [-0.25, -0.2) is 9.97 Å². The molecule has 0 spiro atoms. The molecule has 0 aliphatic carbocycles. The van der Waals surface area contributed by atoms with Crippen LogP contribution in [-0.4, -0.2) is 9.97 Å². The maximum Gasteiger partial charge on any atom is 0.134 e. The standard InChI is InChI=1S/C15H18BrN3/c1-10(2)15-18-13(16)8-14(19-15)17-9-12-6-4-11(3)5-7-12/h4-8,10H,9H2,1-3H3,(H,17,18,19). The van der Waals surface area contributed by atoms with E-state index in [0.717, 1.165) is 22.8 Å². The maximum absolute atomic E-state index is 4.51. The zero-order chi connectivity index (χ0) is 13.8. The molecule has 2 aromatic rings. The molecule has 4 heteroatoms. The summed E-state index contributed by atoms with van der Waals surface area (Å²) in [7, 11) is 0. The summed E-state index contributed by atoms with van der Waals surface area (Å²) in [4.78, 5) is 8.88. The van der Waals surface area contributed by atoms with Crippen molar-refractivity contribution < 1.29 is 0 Å². The molecule has 0 aliphatic heterocycles. The zero-order valence-corrected chi connectivity index (χ0v) is 13.0. The molecule has 0 atom stereocenters. The minimum Gasteiger partial charge on any atom is -0.366 e. The van der Waals surface area contributed by atoms with E-state index in [-0.39, 0.29) is 0 Å². The van der Waals surface area contributed by atoms with Crippen LogP contribution in [0.5, 0.6) is 0 Å². The predicted octanol–water partition coefficient (Wildman–Crippen LogP) is 4.28. The number of aromatic nitrogens is 2. The van der Waals surface area contributed by atoms with Crippen molar-refractivity contribution in [2.75, 3.05) is 5.32 Å². The van der Waals surface area contributed by atoms with Crippen molar-refractivity contribution in [2.24, 2.45) is 0 Å². The van der Waals surface area contributed by atoms with Crippen LogP contribution in [0.15, 0.2) is 34.9 Å². The van der Waals surface area contributed by atoms with Crippen LogP contribution < -0.4 is 5.32 Å². The van der Waals surface area contributed by atoms with Gasteiger partial charge in [-0.1, -0.05) is 43.7 Å². The van der Waals surface area contributed by atoms with Crippen molar-refractivity contribution in [1.29, 1.82) is 0 Å². The minimum absolute atomic E-state index is 0.317. The van der Waals surface area contributed by atoms with E-state index in [0.29, 0.717) is 5.92 Å². The second-order valence-corrected chi connectivity index (χ2v) is 5.74. The molecule has 2 rings (SSSR count). The summed E-state index contributed by atoms with van der Waals surface area (Å²) < 4.78 is 0.817. The Morgan fingerprint density at radius 1 is 1.16 bits per heavy atom. The maximum atomic E-state index is 4.51. The van der Waals surface area contributed by atoms with Crippen molar-refractivity contribution in [3.05, 3.63) is 51.9 Å². The van der Waals surface area contributed by atoms with Gasteiger partial charge in [-0.15, -0.1) is 0 Å². The number of rotatable bonds is 4. The summed E-state index contributed by atoms with van der Waals surface area (Å²) in [6.07, 6.45) is 0. The Morgan fingerprint density at radius 2 is 1.84 bits per heavy atom. The van der Waals surface area contributed by atoms with E-state index in [9.17, 15) is 0 Å². The van der Waals surface area contributed by atoms with E-state index in [1.165, 1.54) is 11.1 Å². The molecule has 19 heavy (non-hydrogen) atoms. The third kappa shape index (κ3) is 4.03. The van der Waals surface area contributed by atoms with Gasteiger partial charge in [0.25, 0.3) is 0 Å². The molecule has 1 N–H and O–H groups in total. The van der Waals surface area contributed by atoms with Gasteiger partial charge in [-0.2, -0.15) is 0 Å². The van der Waals surface area contributed by atoms with E-state index in [4.69, 9.17) is 0 Å². The SMILES string of the molecule is Cc1ccc(CNc2cc(Br)nc(C(C)C)n2)cc1. The van der Waals surface area contributed by atoms with Gasteiger partial charge < -0.3 is 5.32 Å². The number of nitrogens with one attached hydrogen (secondary N) is 1. The number of halogens is 1. The number of anilines is 1. The van der Waals surface area contributed by atoms with Gasteiger partial charge in [0.15, 0.2) is 0 Å². The molecule has 1 aromatic carbocycles. The van der Waals surface area contributed by atoms with Crippen LogP contribution in [0.2, 0.25) is 0 Å². The fourth-order valence-electron chi connectivity index (χ4n) is 1.68. The fourth-order valence-corrected chi connectivity index (χ4v) is 2.08. The molecule has 100 valence electrons. The summed E-state index contributed by atoms with van der Waals surface area (Å²) in [6, 6.07) is 10.4. The highest BCUT2D eigenvalue weighted by Gasteiger charge is 2.06. The van der Waals surface area contributed by atoms with Gasteiger partial charge in [0.1, 0.15) is 16.2 Å². The largest absolute Gasteiger partial charge is 0.366 e. The van der Waals surface area contributed by atoms with Gasteiger partial charge >= 0.3 is 0 Å². The second-order valence-electron chi connectivity index (χ2n) is 4.93. The molecule has 0 aliphatic rings. The van der Waals surface area contributed by atoms with Gasteiger partial charge in [0, 0.05) is 18.5 Å². The van der Waals surface area contributed by atoms with Crippen LogP contribution in [0.4, 0.5) is 5.82 Å². The molecule has 3 nitrogen and oxygen atoms in total. The molecule has 1 aromatic heterocycles. The lowest BCUT2D eigenvalue weighted by molar-refractivity contribution is 0.769. The van der Waals surface area contributed by atoms with Crippen molar-refractivity contribution in [2.45, 2.75) is 33.2 Å². The summed E-state index contributed by atoms with van der Waals surface area (Å²) in [5, 5.41) is 3.34. The van der Waals surface area contributed by atoms with Crippen LogP contribution in [0.1, 0.15) is 36.7 Å². The summed E-state index contributed by atoms with van der Waals surface area (Å²) in [6.45, 7) is 7.03. The van der Waals surface area contributed by atoms with E-state index in [1.807, 2.05) is 6.07 Å². The third-order valence-electron chi connectivity index (χ3n) is 2.82. The first-order valence-electron chi connectivity index (χ1n) is 6.38. The van der Waals surface area contributed by atoms with Crippen LogP contribution in [0.3, 0.4) is 0 Å². The first-order chi connectivity index (χ1) is 9.04. The molecule has 1 heterocycles. The van der Waals surface area contributed by atoms with Crippen LogP contribution in [0, 0.1) is 6.92 Å². The smallest absolute Gasteiger partial charge is 0.134 e. The molecule has 0 radical (unpaired) electrons. The summed E-state index contributed by atoms with van der Waals surface area (Å²) in [5.41, 5.74) is 2.52. The molecular weight excluding hydrogens is 302 g/mol. The second kappa shape index (κ2) is 6.15. The van der Waals surface area contributed by atoms with E-state index in [1.54, 1.807) is 0 Å². The first-order valence-corrected chi connectivity index (χ1v) is 7.18. The quantitative estimate of drug-likeness (QED) is 0.854. The number of aryl methyl sites for hydroxylation is 1. The van der Waals surface area contributed by atoms with Crippen LogP contribution in [-0.2, 0) is 6.54 Å². The van der Waals surface area contributed by atoms with Gasteiger partial charge in [0.2, 0.25) is 0 Å². The minimum atomic E-state index is 0.317. The molecular formula is C15H18BrN3. The Bertz CT molecular complexity index is 550.